The van der Waals surface area contributed by atoms with Gasteiger partial charge in [0.05, 0.1) is 23.7 Å². The second-order valence-electron chi connectivity index (χ2n) is 19.9. The number of anilines is 5. The van der Waals surface area contributed by atoms with Crippen LogP contribution in [0.4, 0.5) is 28.4 Å². The summed E-state index contributed by atoms with van der Waals surface area (Å²) >= 11 is 0. The van der Waals surface area contributed by atoms with Crippen molar-refractivity contribution in [3.05, 3.63) is 222 Å². The van der Waals surface area contributed by atoms with Crippen LogP contribution in [0.15, 0.2) is 194 Å². The van der Waals surface area contributed by atoms with Crippen molar-refractivity contribution < 1.29 is 4.74 Å². The standard InChI is InChI=1S/C64H48N2O/c1-63(2)53-28-10-8-22-44(53)46-32-31-43(34-55(46)63)66(57-33-30-40-18-13-25-48-47-24-12-16-39-17-14-27-50(59(39)47)61(57)60(40)48)58-36-56-51(45-23-9-11-29-54(45)64(56,3)4)35-52(58)49-26-15-19-41-37-67-38-65(62(41)49)42-20-6-5-7-21-42/h5-36H,37-38H2,1-4H3. The second-order valence-corrected chi connectivity index (χ2v) is 19.9. The van der Waals surface area contributed by atoms with Crippen LogP contribution in [0.1, 0.15) is 55.5 Å². The first-order valence-corrected chi connectivity index (χ1v) is 23.7. The first-order chi connectivity index (χ1) is 32.8. The number of benzene rings is 11. The number of hydrogen-bond donors (Lipinski definition) is 0. The summed E-state index contributed by atoms with van der Waals surface area (Å²) in [6.45, 7) is 10.6. The number of ether oxygens (including phenoxy) is 1. The largest absolute Gasteiger partial charge is 0.356 e. The SMILES string of the molecule is CC1(C)c2ccccc2-c2ccc(N(c3cc4c(cc3-c3cccc5c3N(c3ccccc3)COC5)-c3ccccc3C4(C)C)c3ccc4cccc5c6cccc7cccc(c3c45)c76)cc21. The van der Waals surface area contributed by atoms with Crippen LogP contribution in [0.3, 0.4) is 0 Å². The average Bonchev–Trinajstić information content (AvgIpc) is 3.74. The molecule has 3 heteroatoms. The van der Waals surface area contributed by atoms with E-state index in [1.165, 1.54) is 110 Å². The summed E-state index contributed by atoms with van der Waals surface area (Å²) in [6.07, 6.45) is 0. The molecule has 2 aliphatic carbocycles. The number of para-hydroxylation sites is 2. The first-order valence-electron chi connectivity index (χ1n) is 23.7. The Morgan fingerprint density at radius 2 is 1.01 bits per heavy atom. The summed E-state index contributed by atoms with van der Waals surface area (Å²) in [4.78, 5) is 5.00. The van der Waals surface area contributed by atoms with E-state index < -0.39 is 0 Å². The van der Waals surface area contributed by atoms with Gasteiger partial charge in [-0.3, -0.25) is 0 Å². The quantitative estimate of drug-likeness (QED) is 0.127. The van der Waals surface area contributed by atoms with Crippen molar-refractivity contribution in [3.8, 4) is 33.4 Å². The maximum atomic E-state index is 6.37. The Labute approximate surface area is 391 Å². The van der Waals surface area contributed by atoms with E-state index in [4.69, 9.17) is 4.74 Å². The van der Waals surface area contributed by atoms with Crippen molar-refractivity contribution in [1.29, 1.82) is 0 Å². The van der Waals surface area contributed by atoms with Crippen LogP contribution in [-0.2, 0) is 22.2 Å². The molecule has 0 atom stereocenters. The predicted molar refractivity (Wildman–Crippen MR) is 281 cm³/mol. The zero-order valence-electron chi connectivity index (χ0n) is 38.2. The normalized spacial score (nSPS) is 15.2. The number of fused-ring (bicyclic) bond motifs is 9. The fourth-order valence-electron chi connectivity index (χ4n) is 12.6. The van der Waals surface area contributed by atoms with Gasteiger partial charge in [-0.05, 0) is 125 Å². The van der Waals surface area contributed by atoms with Crippen molar-refractivity contribution in [2.45, 2.75) is 45.1 Å². The predicted octanol–water partition coefficient (Wildman–Crippen LogP) is 17.1. The summed E-state index contributed by atoms with van der Waals surface area (Å²) < 4.78 is 6.37. The maximum absolute atomic E-state index is 6.37. The van der Waals surface area contributed by atoms with E-state index in [9.17, 15) is 0 Å². The van der Waals surface area contributed by atoms with Crippen molar-refractivity contribution >= 4 is 71.5 Å². The van der Waals surface area contributed by atoms with Crippen molar-refractivity contribution in [1.82, 2.24) is 0 Å². The molecule has 0 amide bonds. The number of nitrogens with zero attached hydrogens (tertiary/aromatic N) is 2. The Morgan fingerprint density at radius 3 is 1.76 bits per heavy atom. The molecule has 14 rings (SSSR count). The van der Waals surface area contributed by atoms with E-state index in [-0.39, 0.29) is 10.8 Å². The van der Waals surface area contributed by atoms with Gasteiger partial charge in [-0.15, -0.1) is 0 Å². The summed E-state index contributed by atoms with van der Waals surface area (Å²) in [5, 5.41) is 10.2. The van der Waals surface area contributed by atoms with Crippen LogP contribution in [-0.4, -0.2) is 6.73 Å². The lowest BCUT2D eigenvalue weighted by Gasteiger charge is -2.36. The van der Waals surface area contributed by atoms with Crippen LogP contribution in [0.25, 0.3) is 76.5 Å². The molecule has 0 radical (unpaired) electrons. The highest BCUT2D eigenvalue weighted by atomic mass is 16.5. The molecular weight excluding hydrogens is 813 g/mol. The van der Waals surface area contributed by atoms with E-state index in [0.717, 1.165) is 22.7 Å². The molecule has 1 aliphatic heterocycles. The monoisotopic (exact) mass is 860 g/mol. The van der Waals surface area contributed by atoms with Gasteiger partial charge in [-0.2, -0.15) is 0 Å². The molecule has 0 fully saturated rings. The van der Waals surface area contributed by atoms with Gasteiger partial charge in [0.25, 0.3) is 0 Å². The third-order valence-corrected chi connectivity index (χ3v) is 15.7. The molecule has 3 nitrogen and oxygen atoms in total. The average molecular weight is 861 g/mol. The van der Waals surface area contributed by atoms with Gasteiger partial charge in [0.2, 0.25) is 0 Å². The summed E-state index contributed by atoms with van der Waals surface area (Å²) in [5.41, 5.74) is 19.5. The van der Waals surface area contributed by atoms with E-state index >= 15 is 0 Å². The van der Waals surface area contributed by atoms with Gasteiger partial charge in [0.15, 0.2) is 0 Å². The highest BCUT2D eigenvalue weighted by Crippen LogP contribution is 2.58. The smallest absolute Gasteiger partial charge is 0.123 e. The molecule has 0 spiro atoms. The summed E-state index contributed by atoms with van der Waals surface area (Å²) in [5.74, 6) is 0. The highest BCUT2D eigenvalue weighted by molar-refractivity contribution is 6.35. The zero-order valence-corrected chi connectivity index (χ0v) is 38.2. The van der Waals surface area contributed by atoms with Crippen molar-refractivity contribution in [3.63, 3.8) is 0 Å². The van der Waals surface area contributed by atoms with Gasteiger partial charge in [0, 0.05) is 44.3 Å². The van der Waals surface area contributed by atoms with Gasteiger partial charge in [-0.25, -0.2) is 0 Å². The van der Waals surface area contributed by atoms with Crippen LogP contribution in [0.2, 0.25) is 0 Å². The molecule has 0 N–H and O–H groups in total. The van der Waals surface area contributed by atoms with Crippen LogP contribution in [0.5, 0.6) is 0 Å². The molecular formula is C64H48N2O. The third kappa shape index (κ3) is 5.32. The van der Waals surface area contributed by atoms with Gasteiger partial charge in [0.1, 0.15) is 6.73 Å². The second kappa shape index (κ2) is 13.9. The van der Waals surface area contributed by atoms with E-state index in [1.54, 1.807) is 0 Å². The van der Waals surface area contributed by atoms with Crippen LogP contribution >= 0.6 is 0 Å². The summed E-state index contributed by atoms with van der Waals surface area (Å²) in [7, 11) is 0. The lowest BCUT2D eigenvalue weighted by Crippen LogP contribution is -2.27. The molecule has 1 heterocycles. The minimum absolute atomic E-state index is 0.192. The van der Waals surface area contributed by atoms with Gasteiger partial charge < -0.3 is 14.5 Å². The molecule has 0 saturated heterocycles. The Balaban J connectivity index is 1.15. The van der Waals surface area contributed by atoms with Crippen molar-refractivity contribution in [2.75, 3.05) is 16.5 Å². The minimum Gasteiger partial charge on any atom is -0.356 e. The lowest BCUT2D eigenvalue weighted by molar-refractivity contribution is 0.117. The molecule has 320 valence electrons. The maximum Gasteiger partial charge on any atom is 0.123 e. The fraction of sp³-hybridized carbons (Fsp3) is 0.125. The van der Waals surface area contributed by atoms with Gasteiger partial charge >= 0.3 is 0 Å². The van der Waals surface area contributed by atoms with Crippen molar-refractivity contribution in [2.24, 2.45) is 0 Å². The molecule has 0 unspecified atom stereocenters. The molecule has 0 aromatic heterocycles. The van der Waals surface area contributed by atoms with E-state index in [0.29, 0.717) is 13.3 Å². The minimum atomic E-state index is -0.234. The summed E-state index contributed by atoms with van der Waals surface area (Å²) in [6, 6.07) is 73.2. The molecule has 3 aliphatic rings. The molecule has 11 aromatic rings. The Hall–Kier alpha value is -7.72. The zero-order chi connectivity index (χ0) is 44.8. The fourth-order valence-corrected chi connectivity index (χ4v) is 12.6. The first kappa shape index (κ1) is 38.5. The lowest BCUT2D eigenvalue weighted by atomic mass is 9.81. The molecule has 0 bridgehead atoms. The molecule has 11 aromatic carbocycles. The van der Waals surface area contributed by atoms with Crippen LogP contribution in [0, 0.1) is 0 Å². The van der Waals surface area contributed by atoms with E-state index in [2.05, 4.69) is 232 Å². The highest BCUT2D eigenvalue weighted by Gasteiger charge is 2.40. The molecule has 67 heavy (non-hydrogen) atoms. The van der Waals surface area contributed by atoms with E-state index in [1.807, 2.05) is 0 Å². The number of hydrogen-bond acceptors (Lipinski definition) is 3. The third-order valence-electron chi connectivity index (χ3n) is 15.7. The molecule has 0 saturated carbocycles. The Bertz CT molecular complexity index is 3860. The van der Waals surface area contributed by atoms with Crippen LogP contribution < -0.4 is 9.80 Å². The van der Waals surface area contributed by atoms with Gasteiger partial charge in [-0.1, -0.05) is 179 Å². The number of rotatable bonds is 5. The topological polar surface area (TPSA) is 15.7 Å². The Kier molecular flexibility index (Phi) is 8.00. The Morgan fingerprint density at radius 1 is 0.418 bits per heavy atom.